The van der Waals surface area contributed by atoms with Crippen molar-refractivity contribution in [2.75, 3.05) is 13.2 Å². The van der Waals surface area contributed by atoms with Crippen molar-refractivity contribution in [3.05, 3.63) is 33.4 Å². The van der Waals surface area contributed by atoms with Crippen LogP contribution in [0.25, 0.3) is 0 Å². The zero-order valence-electron chi connectivity index (χ0n) is 11.5. The van der Waals surface area contributed by atoms with Gasteiger partial charge in [0.05, 0.1) is 11.9 Å². The Hall–Kier alpha value is -0.180. The van der Waals surface area contributed by atoms with Crippen LogP contribution >= 0.6 is 22.6 Å². The van der Waals surface area contributed by atoms with Gasteiger partial charge in [0.15, 0.2) is 0 Å². The highest BCUT2D eigenvalue weighted by Gasteiger charge is 2.31. The van der Waals surface area contributed by atoms with Crippen molar-refractivity contribution in [3.63, 3.8) is 0 Å². The van der Waals surface area contributed by atoms with Gasteiger partial charge in [-0.3, -0.25) is 0 Å². The second-order valence-electron chi connectivity index (χ2n) is 5.42. The van der Waals surface area contributed by atoms with Gasteiger partial charge in [-0.1, -0.05) is 12.1 Å². The van der Waals surface area contributed by atoms with Crippen LogP contribution in [0.5, 0.6) is 0 Å². The van der Waals surface area contributed by atoms with E-state index in [9.17, 15) is 8.42 Å². The molecule has 6 heteroatoms. The van der Waals surface area contributed by atoms with E-state index in [2.05, 4.69) is 46.9 Å². The molecule has 1 saturated heterocycles. The Kier molecular flexibility index (Phi) is 5.44. The summed E-state index contributed by atoms with van der Waals surface area (Å²) < 4.78 is 29.6. The highest BCUT2D eigenvalue weighted by Crippen LogP contribution is 2.35. The molecule has 2 rings (SSSR count). The SMILES string of the molecule is CC(C[C@@H]1COCC[C@H]1c1ccc(I)cc1)S(N)(=O)=O. The lowest BCUT2D eigenvalue weighted by Gasteiger charge is -2.33. The van der Waals surface area contributed by atoms with Crippen LogP contribution in [0.1, 0.15) is 31.2 Å². The molecular formula is C14H20INO3S. The van der Waals surface area contributed by atoms with Crippen molar-refractivity contribution >= 4 is 32.6 Å². The molecule has 1 fully saturated rings. The summed E-state index contributed by atoms with van der Waals surface area (Å²) >= 11 is 2.28. The number of primary sulfonamides is 1. The van der Waals surface area contributed by atoms with Gasteiger partial charge in [-0.15, -0.1) is 0 Å². The monoisotopic (exact) mass is 409 g/mol. The smallest absolute Gasteiger partial charge is 0.211 e. The highest BCUT2D eigenvalue weighted by atomic mass is 127. The van der Waals surface area contributed by atoms with E-state index >= 15 is 0 Å². The van der Waals surface area contributed by atoms with Crippen LogP contribution in [-0.4, -0.2) is 26.9 Å². The maximum atomic E-state index is 11.4. The average Bonchev–Trinajstić information content (AvgIpc) is 2.39. The minimum atomic E-state index is -3.47. The summed E-state index contributed by atoms with van der Waals surface area (Å²) in [5.41, 5.74) is 1.26. The van der Waals surface area contributed by atoms with Crippen LogP contribution in [0, 0.1) is 9.49 Å². The first-order valence-corrected chi connectivity index (χ1v) is 9.41. The Morgan fingerprint density at radius 1 is 1.40 bits per heavy atom. The Morgan fingerprint density at radius 3 is 2.65 bits per heavy atom. The van der Waals surface area contributed by atoms with Gasteiger partial charge >= 0.3 is 0 Å². The predicted octanol–water partition coefficient (Wildman–Crippen LogP) is 2.48. The lowest BCUT2D eigenvalue weighted by Crippen LogP contribution is -2.33. The van der Waals surface area contributed by atoms with Gasteiger partial charge in [0.2, 0.25) is 10.0 Å². The third-order valence-electron chi connectivity index (χ3n) is 3.97. The molecule has 1 aliphatic rings. The summed E-state index contributed by atoms with van der Waals surface area (Å²) in [4.78, 5) is 0. The first kappa shape index (κ1) is 16.2. The van der Waals surface area contributed by atoms with E-state index in [4.69, 9.17) is 9.88 Å². The molecule has 0 aliphatic carbocycles. The van der Waals surface area contributed by atoms with Gasteiger partial charge in [0.25, 0.3) is 0 Å². The van der Waals surface area contributed by atoms with E-state index in [0.717, 1.165) is 13.0 Å². The van der Waals surface area contributed by atoms with Crippen molar-refractivity contribution < 1.29 is 13.2 Å². The lowest BCUT2D eigenvalue weighted by molar-refractivity contribution is 0.0369. The number of benzene rings is 1. The number of ether oxygens (including phenoxy) is 1. The quantitative estimate of drug-likeness (QED) is 0.777. The molecule has 4 nitrogen and oxygen atoms in total. The van der Waals surface area contributed by atoms with E-state index in [1.165, 1.54) is 9.13 Å². The second-order valence-corrected chi connectivity index (χ2v) is 8.65. The molecule has 0 bridgehead atoms. The normalized spacial score (nSPS) is 25.4. The Labute approximate surface area is 134 Å². The number of halogens is 1. The Balaban J connectivity index is 2.15. The zero-order valence-corrected chi connectivity index (χ0v) is 14.4. The Bertz CT molecular complexity index is 544. The van der Waals surface area contributed by atoms with Crippen LogP contribution in [0.4, 0.5) is 0 Å². The molecular weight excluding hydrogens is 389 g/mol. The lowest BCUT2D eigenvalue weighted by atomic mass is 9.80. The third-order valence-corrected chi connectivity index (χ3v) is 6.00. The van der Waals surface area contributed by atoms with Gasteiger partial charge in [-0.2, -0.15) is 0 Å². The molecule has 112 valence electrons. The summed E-state index contributed by atoms with van der Waals surface area (Å²) in [6.07, 6.45) is 1.48. The standard InChI is InChI=1S/C14H20INO3S/c1-10(20(16,17)18)8-12-9-19-7-6-14(12)11-2-4-13(15)5-3-11/h2-5,10,12,14H,6-9H2,1H3,(H2,16,17,18)/t10?,12-,14+/m1/s1. The van der Waals surface area contributed by atoms with Gasteiger partial charge < -0.3 is 4.74 Å². The molecule has 20 heavy (non-hydrogen) atoms. The highest BCUT2D eigenvalue weighted by molar-refractivity contribution is 14.1. The maximum absolute atomic E-state index is 11.4. The zero-order chi connectivity index (χ0) is 14.8. The fourth-order valence-electron chi connectivity index (χ4n) is 2.74. The molecule has 1 unspecified atom stereocenters. The number of hydrogen-bond acceptors (Lipinski definition) is 3. The van der Waals surface area contributed by atoms with E-state index in [0.29, 0.717) is 18.9 Å². The van der Waals surface area contributed by atoms with Crippen molar-refractivity contribution in [3.8, 4) is 0 Å². The Morgan fingerprint density at radius 2 is 2.05 bits per heavy atom. The van der Waals surface area contributed by atoms with Crippen molar-refractivity contribution in [1.82, 2.24) is 0 Å². The third kappa shape index (κ3) is 4.16. The van der Waals surface area contributed by atoms with Crippen molar-refractivity contribution in [1.29, 1.82) is 0 Å². The fraction of sp³-hybridized carbons (Fsp3) is 0.571. The van der Waals surface area contributed by atoms with Crippen LogP contribution < -0.4 is 5.14 Å². The van der Waals surface area contributed by atoms with E-state index in [1.807, 2.05) is 0 Å². The minimum Gasteiger partial charge on any atom is -0.381 e. The summed E-state index contributed by atoms with van der Waals surface area (Å²) in [7, 11) is -3.47. The molecule has 1 aromatic rings. The molecule has 0 saturated carbocycles. The van der Waals surface area contributed by atoms with E-state index in [-0.39, 0.29) is 5.92 Å². The minimum absolute atomic E-state index is 0.206. The van der Waals surface area contributed by atoms with Crippen LogP contribution in [-0.2, 0) is 14.8 Å². The molecule has 1 aromatic carbocycles. The maximum Gasteiger partial charge on any atom is 0.211 e. The second kappa shape index (κ2) is 6.72. The number of hydrogen-bond donors (Lipinski definition) is 1. The van der Waals surface area contributed by atoms with Crippen LogP contribution in [0.15, 0.2) is 24.3 Å². The fourth-order valence-corrected chi connectivity index (χ4v) is 3.61. The molecule has 3 atom stereocenters. The largest absolute Gasteiger partial charge is 0.381 e. The number of sulfonamides is 1. The van der Waals surface area contributed by atoms with Crippen molar-refractivity contribution in [2.24, 2.45) is 11.1 Å². The molecule has 2 N–H and O–H groups in total. The van der Waals surface area contributed by atoms with Gasteiger partial charge in [-0.25, -0.2) is 13.6 Å². The van der Waals surface area contributed by atoms with Crippen LogP contribution in [0.3, 0.4) is 0 Å². The number of rotatable bonds is 4. The molecule has 0 amide bonds. The first-order valence-electron chi connectivity index (χ1n) is 6.72. The van der Waals surface area contributed by atoms with Gasteiger partial charge in [-0.05, 0) is 71.9 Å². The summed E-state index contributed by atoms with van der Waals surface area (Å²) in [5, 5.41) is 4.70. The molecule has 0 radical (unpaired) electrons. The van der Waals surface area contributed by atoms with Crippen molar-refractivity contribution in [2.45, 2.75) is 30.9 Å². The molecule has 1 heterocycles. The topological polar surface area (TPSA) is 69.4 Å². The predicted molar refractivity (Wildman–Crippen MR) is 88.0 cm³/mol. The first-order chi connectivity index (χ1) is 9.38. The summed E-state index contributed by atoms with van der Waals surface area (Å²) in [6, 6.07) is 8.44. The van der Waals surface area contributed by atoms with Gasteiger partial charge in [0.1, 0.15) is 0 Å². The van der Waals surface area contributed by atoms with E-state index < -0.39 is 15.3 Å². The molecule has 1 aliphatic heterocycles. The summed E-state index contributed by atoms with van der Waals surface area (Å²) in [5.74, 6) is 0.557. The number of nitrogens with two attached hydrogens (primary N) is 1. The molecule has 0 spiro atoms. The van der Waals surface area contributed by atoms with E-state index in [1.54, 1.807) is 6.92 Å². The summed E-state index contributed by atoms with van der Waals surface area (Å²) in [6.45, 7) is 3.02. The van der Waals surface area contributed by atoms with Gasteiger partial charge in [0, 0.05) is 10.2 Å². The average molecular weight is 409 g/mol. The van der Waals surface area contributed by atoms with Crippen LogP contribution in [0.2, 0.25) is 0 Å². The molecule has 0 aromatic heterocycles.